The highest BCUT2D eigenvalue weighted by Crippen LogP contribution is 2.17. The summed E-state index contributed by atoms with van der Waals surface area (Å²) in [6, 6.07) is 7.11. The van der Waals surface area contributed by atoms with Crippen LogP contribution in [0.5, 0.6) is 5.75 Å². The summed E-state index contributed by atoms with van der Waals surface area (Å²) in [4.78, 5) is 12.2. The number of rotatable bonds is 6. The molecule has 100 valence electrons. The lowest BCUT2D eigenvalue weighted by Crippen LogP contribution is -2.22. The van der Waals surface area contributed by atoms with E-state index in [1.807, 2.05) is 25.1 Å². The van der Waals surface area contributed by atoms with Crippen molar-refractivity contribution in [3.8, 4) is 5.75 Å². The van der Waals surface area contributed by atoms with Gasteiger partial charge in [0, 0.05) is 5.70 Å². The number of allylic oxidation sites excluding steroid dienone is 4. The average molecular weight is 257 g/mol. The van der Waals surface area contributed by atoms with E-state index >= 15 is 0 Å². The Morgan fingerprint density at radius 1 is 1.42 bits per heavy atom. The summed E-state index contributed by atoms with van der Waals surface area (Å²) >= 11 is 0. The number of hydrogen-bond donors (Lipinski definition) is 1. The molecule has 1 aromatic carbocycles. The van der Waals surface area contributed by atoms with Gasteiger partial charge in [0.1, 0.15) is 5.75 Å². The van der Waals surface area contributed by atoms with Crippen molar-refractivity contribution in [2.24, 2.45) is 0 Å². The highest BCUT2D eigenvalue weighted by molar-refractivity contribution is 5.98. The van der Waals surface area contributed by atoms with Crippen LogP contribution in [0.3, 0.4) is 0 Å². The second-order valence-corrected chi connectivity index (χ2v) is 3.82. The Morgan fingerprint density at radius 2 is 2.16 bits per heavy atom. The van der Waals surface area contributed by atoms with Gasteiger partial charge >= 0.3 is 0 Å². The first-order valence-electron chi connectivity index (χ1n) is 6.16. The number of benzene rings is 1. The fraction of sp³-hybridized carbons (Fsp3) is 0.188. The van der Waals surface area contributed by atoms with Crippen LogP contribution in [0.25, 0.3) is 0 Å². The molecule has 3 heteroatoms. The average Bonchev–Trinajstić information content (AvgIpc) is 2.44. The molecule has 1 amide bonds. The van der Waals surface area contributed by atoms with Gasteiger partial charge in [-0.1, -0.05) is 37.8 Å². The number of para-hydroxylation sites is 1. The standard InChI is InChI=1S/C16H19NO2/c1-4-6-10-13(9-5-2)17-16(18)14-11-7-8-12-15(14)19-3/h5-12H,2,4H2,1,3H3,(H,17,18)/b10-6-,13-9+. The van der Waals surface area contributed by atoms with Crippen molar-refractivity contribution in [1.82, 2.24) is 5.32 Å². The molecule has 0 atom stereocenters. The highest BCUT2D eigenvalue weighted by atomic mass is 16.5. The molecule has 1 N–H and O–H groups in total. The third-order valence-electron chi connectivity index (χ3n) is 2.44. The van der Waals surface area contributed by atoms with E-state index in [0.717, 1.165) is 6.42 Å². The predicted molar refractivity (Wildman–Crippen MR) is 78.2 cm³/mol. The summed E-state index contributed by atoms with van der Waals surface area (Å²) in [5.41, 5.74) is 1.21. The minimum Gasteiger partial charge on any atom is -0.496 e. The van der Waals surface area contributed by atoms with Crippen LogP contribution in [0, 0.1) is 0 Å². The zero-order valence-electron chi connectivity index (χ0n) is 11.3. The number of carbonyl (C=O) groups is 1. The van der Waals surface area contributed by atoms with Crippen LogP contribution in [-0.4, -0.2) is 13.0 Å². The van der Waals surface area contributed by atoms with Gasteiger partial charge in [0.05, 0.1) is 12.7 Å². The number of hydrogen-bond acceptors (Lipinski definition) is 2. The van der Waals surface area contributed by atoms with E-state index in [4.69, 9.17) is 4.74 Å². The fourth-order valence-corrected chi connectivity index (χ4v) is 1.54. The van der Waals surface area contributed by atoms with E-state index < -0.39 is 0 Å². The molecule has 19 heavy (non-hydrogen) atoms. The molecule has 0 aliphatic carbocycles. The zero-order chi connectivity index (χ0) is 14.1. The first-order valence-corrected chi connectivity index (χ1v) is 6.16. The maximum absolute atomic E-state index is 12.2. The maximum atomic E-state index is 12.2. The Kier molecular flexibility index (Phi) is 6.16. The quantitative estimate of drug-likeness (QED) is 0.792. The van der Waals surface area contributed by atoms with E-state index in [1.165, 1.54) is 0 Å². The highest BCUT2D eigenvalue weighted by Gasteiger charge is 2.11. The molecule has 1 aromatic rings. The van der Waals surface area contributed by atoms with Crippen molar-refractivity contribution in [1.29, 1.82) is 0 Å². The van der Waals surface area contributed by atoms with Crippen LogP contribution in [0.15, 0.2) is 60.8 Å². The summed E-state index contributed by atoms with van der Waals surface area (Å²) in [7, 11) is 1.55. The Morgan fingerprint density at radius 3 is 2.79 bits per heavy atom. The third kappa shape index (κ3) is 4.47. The van der Waals surface area contributed by atoms with Crippen molar-refractivity contribution in [2.45, 2.75) is 13.3 Å². The lowest BCUT2D eigenvalue weighted by Gasteiger charge is -2.09. The van der Waals surface area contributed by atoms with E-state index in [0.29, 0.717) is 17.0 Å². The van der Waals surface area contributed by atoms with Gasteiger partial charge in [0.25, 0.3) is 5.91 Å². The lowest BCUT2D eigenvalue weighted by molar-refractivity contribution is 0.0964. The first kappa shape index (κ1) is 14.8. The topological polar surface area (TPSA) is 38.3 Å². The summed E-state index contributed by atoms with van der Waals surface area (Å²) < 4.78 is 5.17. The van der Waals surface area contributed by atoms with Gasteiger partial charge in [0.15, 0.2) is 0 Å². The molecule has 0 spiro atoms. The van der Waals surface area contributed by atoms with E-state index in [2.05, 4.69) is 11.9 Å². The second kappa shape index (κ2) is 7.93. The molecule has 0 unspecified atom stereocenters. The Labute approximate surface area is 114 Å². The van der Waals surface area contributed by atoms with Gasteiger partial charge in [-0.3, -0.25) is 4.79 Å². The van der Waals surface area contributed by atoms with Crippen LogP contribution in [0.2, 0.25) is 0 Å². The van der Waals surface area contributed by atoms with Crippen LogP contribution in [-0.2, 0) is 0 Å². The molecule has 0 aromatic heterocycles. The van der Waals surface area contributed by atoms with Crippen LogP contribution >= 0.6 is 0 Å². The minimum absolute atomic E-state index is 0.202. The van der Waals surface area contributed by atoms with Crippen molar-refractivity contribution >= 4 is 5.91 Å². The Hall–Kier alpha value is -2.29. The van der Waals surface area contributed by atoms with Crippen LogP contribution in [0.4, 0.5) is 0 Å². The monoisotopic (exact) mass is 257 g/mol. The van der Waals surface area contributed by atoms with Gasteiger partial charge in [-0.15, -0.1) is 0 Å². The number of methoxy groups -OCH3 is 1. The van der Waals surface area contributed by atoms with Gasteiger partial charge < -0.3 is 10.1 Å². The molecule has 1 rings (SSSR count). The van der Waals surface area contributed by atoms with Crippen molar-refractivity contribution in [2.75, 3.05) is 7.11 Å². The second-order valence-electron chi connectivity index (χ2n) is 3.82. The van der Waals surface area contributed by atoms with E-state index in [-0.39, 0.29) is 5.91 Å². The summed E-state index contributed by atoms with van der Waals surface area (Å²) in [6.07, 6.45) is 8.11. The zero-order valence-corrected chi connectivity index (χ0v) is 11.3. The molecule has 0 heterocycles. The molecule has 0 saturated heterocycles. The van der Waals surface area contributed by atoms with Crippen LogP contribution < -0.4 is 10.1 Å². The van der Waals surface area contributed by atoms with E-state index in [1.54, 1.807) is 37.5 Å². The normalized spacial score (nSPS) is 11.4. The molecule has 3 nitrogen and oxygen atoms in total. The lowest BCUT2D eigenvalue weighted by atomic mass is 10.2. The Bertz CT molecular complexity index is 501. The van der Waals surface area contributed by atoms with Crippen molar-refractivity contribution < 1.29 is 9.53 Å². The molecule has 0 radical (unpaired) electrons. The number of carbonyl (C=O) groups excluding carboxylic acids is 1. The van der Waals surface area contributed by atoms with Gasteiger partial charge in [-0.25, -0.2) is 0 Å². The maximum Gasteiger partial charge on any atom is 0.259 e. The van der Waals surface area contributed by atoms with E-state index in [9.17, 15) is 4.79 Å². The molecule has 0 aliphatic heterocycles. The summed E-state index contributed by atoms with van der Waals surface area (Å²) in [5.74, 6) is 0.351. The van der Waals surface area contributed by atoms with Crippen molar-refractivity contribution in [3.63, 3.8) is 0 Å². The fourth-order valence-electron chi connectivity index (χ4n) is 1.54. The summed E-state index contributed by atoms with van der Waals surface area (Å²) in [6.45, 7) is 5.67. The molecule has 0 aliphatic rings. The van der Waals surface area contributed by atoms with Gasteiger partial charge in [-0.2, -0.15) is 0 Å². The third-order valence-corrected chi connectivity index (χ3v) is 2.44. The predicted octanol–water partition coefficient (Wildman–Crippen LogP) is 3.46. The Balaban J connectivity index is 2.91. The molecule has 0 saturated carbocycles. The van der Waals surface area contributed by atoms with Gasteiger partial charge in [-0.05, 0) is 30.7 Å². The van der Waals surface area contributed by atoms with Crippen molar-refractivity contribution in [3.05, 3.63) is 66.4 Å². The molecular weight excluding hydrogens is 238 g/mol. The number of nitrogens with one attached hydrogen (secondary N) is 1. The first-order chi connectivity index (χ1) is 9.22. The smallest absolute Gasteiger partial charge is 0.259 e. The summed E-state index contributed by atoms with van der Waals surface area (Å²) in [5, 5.41) is 2.83. The van der Waals surface area contributed by atoms with Crippen LogP contribution in [0.1, 0.15) is 23.7 Å². The number of ether oxygens (including phenoxy) is 1. The van der Waals surface area contributed by atoms with Gasteiger partial charge in [0.2, 0.25) is 0 Å². The number of amides is 1. The SMILES string of the molecule is C=C/C=C(\C=C/CC)NC(=O)c1ccccc1OC. The molecule has 0 fully saturated rings. The minimum atomic E-state index is -0.202. The molecular formula is C16H19NO2. The largest absolute Gasteiger partial charge is 0.496 e. The molecule has 0 bridgehead atoms.